The molecule has 1 aliphatic heterocycles. The van der Waals surface area contributed by atoms with Crippen LogP contribution in [0.25, 0.3) is 0 Å². The van der Waals surface area contributed by atoms with Gasteiger partial charge in [-0.1, -0.05) is 51.1 Å². The van der Waals surface area contributed by atoms with E-state index in [4.69, 9.17) is 5.73 Å². The predicted octanol–water partition coefficient (Wildman–Crippen LogP) is 2.22. The molecule has 1 atom stereocenters. The number of piperazine rings is 1. The van der Waals surface area contributed by atoms with Gasteiger partial charge in [0.15, 0.2) is 0 Å². The number of nitrogens with zero attached hydrogens (tertiary/aromatic N) is 2. The van der Waals surface area contributed by atoms with Gasteiger partial charge in [-0.15, -0.1) is 12.4 Å². The van der Waals surface area contributed by atoms with Gasteiger partial charge in [0.2, 0.25) is 11.8 Å². The summed E-state index contributed by atoms with van der Waals surface area (Å²) in [4.78, 5) is 28.3. The highest BCUT2D eigenvalue weighted by molar-refractivity contribution is 5.85. The van der Waals surface area contributed by atoms with Crippen molar-refractivity contribution in [1.82, 2.24) is 9.80 Å². The van der Waals surface area contributed by atoms with Crippen molar-refractivity contribution in [2.24, 2.45) is 11.1 Å². The number of benzene rings is 1. The van der Waals surface area contributed by atoms with Gasteiger partial charge in [0, 0.05) is 44.1 Å². The zero-order valence-corrected chi connectivity index (χ0v) is 15.5. The first-order valence-corrected chi connectivity index (χ1v) is 8.16. The summed E-state index contributed by atoms with van der Waals surface area (Å²) >= 11 is 0. The fourth-order valence-electron chi connectivity index (χ4n) is 2.77. The summed E-state index contributed by atoms with van der Waals surface area (Å²) < 4.78 is 0. The third-order valence-electron chi connectivity index (χ3n) is 4.18. The van der Waals surface area contributed by atoms with Gasteiger partial charge < -0.3 is 15.5 Å². The molecule has 134 valence electrons. The van der Waals surface area contributed by atoms with Gasteiger partial charge in [-0.3, -0.25) is 9.59 Å². The van der Waals surface area contributed by atoms with Crippen LogP contribution in [0.1, 0.15) is 38.8 Å². The topological polar surface area (TPSA) is 66.6 Å². The molecule has 1 aromatic rings. The minimum Gasteiger partial charge on any atom is -0.339 e. The lowest BCUT2D eigenvalue weighted by atomic mass is 9.94. The second kappa shape index (κ2) is 8.49. The van der Waals surface area contributed by atoms with Crippen LogP contribution in [0.15, 0.2) is 30.3 Å². The lowest BCUT2D eigenvalue weighted by molar-refractivity contribution is -0.145. The number of carbonyl (C=O) groups excluding carboxylic acids is 2. The quantitative estimate of drug-likeness (QED) is 0.906. The normalized spacial score (nSPS) is 16.3. The fraction of sp³-hybridized carbons (Fsp3) is 0.556. The molecule has 5 nitrogen and oxygen atoms in total. The van der Waals surface area contributed by atoms with E-state index >= 15 is 0 Å². The maximum atomic E-state index is 12.4. The molecule has 6 heteroatoms. The summed E-state index contributed by atoms with van der Waals surface area (Å²) in [5.41, 5.74) is 6.72. The number of rotatable bonds is 3. The Hall–Kier alpha value is -1.59. The van der Waals surface area contributed by atoms with Gasteiger partial charge in [-0.05, 0) is 5.56 Å². The molecule has 1 heterocycles. The Labute approximate surface area is 150 Å². The zero-order valence-electron chi connectivity index (χ0n) is 14.7. The molecule has 0 aliphatic carbocycles. The van der Waals surface area contributed by atoms with Gasteiger partial charge in [0.05, 0.1) is 0 Å². The smallest absolute Gasteiger partial charge is 0.228 e. The Morgan fingerprint density at radius 3 is 2.04 bits per heavy atom. The van der Waals surface area contributed by atoms with Crippen LogP contribution in [0.2, 0.25) is 0 Å². The Morgan fingerprint density at radius 1 is 1.04 bits per heavy atom. The van der Waals surface area contributed by atoms with E-state index < -0.39 is 0 Å². The van der Waals surface area contributed by atoms with E-state index in [1.807, 2.05) is 60.9 Å². The van der Waals surface area contributed by atoms with Gasteiger partial charge in [-0.25, -0.2) is 0 Å². The summed E-state index contributed by atoms with van der Waals surface area (Å²) in [6.07, 6.45) is 0.303. The molecule has 0 bridgehead atoms. The van der Waals surface area contributed by atoms with Crippen LogP contribution in [0.4, 0.5) is 0 Å². The maximum absolute atomic E-state index is 12.4. The van der Waals surface area contributed by atoms with E-state index in [9.17, 15) is 9.59 Å². The molecule has 24 heavy (non-hydrogen) atoms. The minimum absolute atomic E-state index is 0. The highest BCUT2D eigenvalue weighted by Gasteiger charge is 2.31. The Balaban J connectivity index is 0.00000288. The molecular formula is C18H28ClN3O2. The lowest BCUT2D eigenvalue weighted by Gasteiger charge is -2.38. The van der Waals surface area contributed by atoms with Crippen LogP contribution in [-0.2, 0) is 9.59 Å². The number of halogens is 1. The number of hydrogen-bond acceptors (Lipinski definition) is 3. The molecule has 1 fully saturated rings. The van der Waals surface area contributed by atoms with Crippen LogP contribution in [0, 0.1) is 5.41 Å². The zero-order chi connectivity index (χ0) is 17.0. The Bertz CT molecular complexity index is 549. The third kappa shape index (κ3) is 5.21. The molecule has 1 saturated heterocycles. The average molecular weight is 354 g/mol. The third-order valence-corrected chi connectivity index (χ3v) is 4.18. The molecule has 1 aromatic carbocycles. The van der Waals surface area contributed by atoms with E-state index in [1.54, 1.807) is 0 Å². The molecule has 2 N–H and O–H groups in total. The van der Waals surface area contributed by atoms with Crippen LogP contribution in [-0.4, -0.2) is 47.8 Å². The van der Waals surface area contributed by atoms with E-state index in [0.29, 0.717) is 32.6 Å². The molecule has 2 amide bonds. The maximum Gasteiger partial charge on any atom is 0.228 e. The average Bonchev–Trinajstić information content (AvgIpc) is 2.54. The summed E-state index contributed by atoms with van der Waals surface area (Å²) in [5.74, 6) is 0.204. The minimum atomic E-state index is -0.373. The molecule has 1 aliphatic rings. The van der Waals surface area contributed by atoms with E-state index in [0.717, 1.165) is 5.56 Å². The van der Waals surface area contributed by atoms with E-state index in [-0.39, 0.29) is 35.7 Å². The monoisotopic (exact) mass is 353 g/mol. The van der Waals surface area contributed by atoms with Crippen LogP contribution < -0.4 is 5.73 Å². The molecular weight excluding hydrogens is 326 g/mol. The van der Waals surface area contributed by atoms with Crippen molar-refractivity contribution in [2.75, 3.05) is 26.2 Å². The number of amides is 2. The van der Waals surface area contributed by atoms with E-state index in [1.165, 1.54) is 0 Å². The van der Waals surface area contributed by atoms with Crippen molar-refractivity contribution in [3.05, 3.63) is 35.9 Å². The molecule has 0 spiro atoms. The molecule has 2 rings (SSSR count). The molecule has 0 saturated carbocycles. The van der Waals surface area contributed by atoms with Gasteiger partial charge >= 0.3 is 0 Å². The summed E-state index contributed by atoms with van der Waals surface area (Å²) in [7, 11) is 0. The first-order valence-electron chi connectivity index (χ1n) is 8.16. The number of hydrogen-bond donors (Lipinski definition) is 1. The largest absolute Gasteiger partial charge is 0.339 e. The summed E-state index contributed by atoms with van der Waals surface area (Å²) in [6.45, 7) is 8.14. The number of nitrogens with two attached hydrogens (primary N) is 1. The van der Waals surface area contributed by atoms with Gasteiger partial charge in [-0.2, -0.15) is 0 Å². The first kappa shape index (κ1) is 20.5. The highest BCUT2D eigenvalue weighted by Crippen LogP contribution is 2.20. The van der Waals surface area contributed by atoms with Crippen LogP contribution in [0.5, 0.6) is 0 Å². The van der Waals surface area contributed by atoms with Crippen LogP contribution >= 0.6 is 12.4 Å². The van der Waals surface area contributed by atoms with Crippen molar-refractivity contribution in [3.8, 4) is 0 Å². The number of carbonyl (C=O) groups is 2. The van der Waals surface area contributed by atoms with Crippen molar-refractivity contribution in [1.29, 1.82) is 0 Å². The molecule has 1 unspecified atom stereocenters. The van der Waals surface area contributed by atoms with Gasteiger partial charge in [0.25, 0.3) is 0 Å². The van der Waals surface area contributed by atoms with Gasteiger partial charge in [0.1, 0.15) is 0 Å². The van der Waals surface area contributed by atoms with Crippen molar-refractivity contribution in [2.45, 2.75) is 33.2 Å². The van der Waals surface area contributed by atoms with E-state index in [2.05, 4.69) is 0 Å². The molecule has 0 aromatic heterocycles. The summed E-state index contributed by atoms with van der Waals surface area (Å²) in [6, 6.07) is 9.39. The Morgan fingerprint density at radius 2 is 1.54 bits per heavy atom. The van der Waals surface area contributed by atoms with Crippen molar-refractivity contribution < 1.29 is 9.59 Å². The van der Waals surface area contributed by atoms with Crippen molar-refractivity contribution in [3.63, 3.8) is 0 Å². The second-order valence-corrected chi connectivity index (χ2v) is 7.14. The lowest BCUT2D eigenvalue weighted by Crippen LogP contribution is -2.53. The second-order valence-electron chi connectivity index (χ2n) is 7.14. The SMILES string of the molecule is CC(C)(C)C(=O)N1CCN(C(=O)CC(N)c2ccccc2)CC1.Cl. The van der Waals surface area contributed by atoms with Crippen LogP contribution in [0.3, 0.4) is 0 Å². The predicted molar refractivity (Wildman–Crippen MR) is 97.9 cm³/mol. The first-order chi connectivity index (χ1) is 10.8. The fourth-order valence-corrected chi connectivity index (χ4v) is 2.77. The highest BCUT2D eigenvalue weighted by atomic mass is 35.5. The Kier molecular flexibility index (Phi) is 7.24. The summed E-state index contributed by atoms with van der Waals surface area (Å²) in [5, 5.41) is 0. The standard InChI is InChI=1S/C18H27N3O2.ClH/c1-18(2,3)17(23)21-11-9-20(10-12-21)16(22)13-15(19)14-7-5-4-6-8-14;/h4-8,15H,9-13,19H2,1-3H3;1H. The van der Waals surface area contributed by atoms with Crippen molar-refractivity contribution >= 4 is 24.2 Å². The molecule has 0 radical (unpaired) electrons.